The zero-order valence-corrected chi connectivity index (χ0v) is 35.4. The van der Waals surface area contributed by atoms with Gasteiger partial charge < -0.3 is 34.9 Å². The van der Waals surface area contributed by atoms with Crippen LogP contribution in [0.25, 0.3) is 21.3 Å². The highest BCUT2D eigenvalue weighted by Crippen LogP contribution is 2.32. The molecule has 3 aromatic carbocycles. The molecule has 2 unspecified atom stereocenters. The number of likely N-dealkylation sites (tertiary alicyclic amines) is 1. The fourth-order valence-corrected chi connectivity index (χ4v) is 8.21. The van der Waals surface area contributed by atoms with Crippen LogP contribution in [0.2, 0.25) is 0 Å². The second-order valence-corrected chi connectivity index (χ2v) is 17.3. The molecule has 1 aliphatic rings. The topological polar surface area (TPSA) is 132 Å². The number of ether oxygens (including phenoxy) is 2. The van der Waals surface area contributed by atoms with E-state index in [0.717, 1.165) is 89.2 Å². The third-order valence-electron chi connectivity index (χ3n) is 10.9. The predicted molar refractivity (Wildman–Crippen MR) is 231 cm³/mol. The van der Waals surface area contributed by atoms with Gasteiger partial charge in [0.25, 0.3) is 0 Å². The number of fused-ring (bicyclic) bond motifs is 1. The van der Waals surface area contributed by atoms with Crippen molar-refractivity contribution in [3.8, 4) is 21.9 Å². The van der Waals surface area contributed by atoms with Crippen molar-refractivity contribution in [3.05, 3.63) is 101 Å². The zero-order chi connectivity index (χ0) is 41.2. The average Bonchev–Trinajstić information content (AvgIpc) is 3.98. The second-order valence-electron chi connectivity index (χ2n) is 16.4. The molecule has 0 aliphatic carbocycles. The minimum absolute atomic E-state index is 0.166. The third-order valence-corrected chi connectivity index (χ3v) is 11.9. The summed E-state index contributed by atoms with van der Waals surface area (Å²) in [5, 5.41) is 4.20. The second kappa shape index (κ2) is 19.6. The smallest absolute Gasteiger partial charge is 0.243 e. The molecule has 5 aromatic rings. The number of benzene rings is 3. The van der Waals surface area contributed by atoms with Gasteiger partial charge in [-0.05, 0) is 105 Å². The van der Waals surface area contributed by atoms with Gasteiger partial charge in [-0.15, -0.1) is 11.3 Å². The van der Waals surface area contributed by atoms with Gasteiger partial charge in [0.1, 0.15) is 30.4 Å². The number of unbranched alkanes of at least 4 members (excludes halogenated alkanes) is 2. The van der Waals surface area contributed by atoms with Gasteiger partial charge in [0.2, 0.25) is 11.8 Å². The minimum Gasteiger partial charge on any atom is -0.493 e. The van der Waals surface area contributed by atoms with Crippen LogP contribution in [0.3, 0.4) is 0 Å². The fourth-order valence-electron chi connectivity index (χ4n) is 7.41. The van der Waals surface area contributed by atoms with Gasteiger partial charge in [0.15, 0.2) is 0 Å². The minimum atomic E-state index is -0.670. The maximum absolute atomic E-state index is 13.5. The van der Waals surface area contributed by atoms with Crippen molar-refractivity contribution in [3.63, 3.8) is 0 Å². The summed E-state index contributed by atoms with van der Waals surface area (Å²) in [6.45, 7) is 12.2. The number of amides is 2. The van der Waals surface area contributed by atoms with E-state index in [0.29, 0.717) is 44.8 Å². The molecule has 12 heteroatoms. The van der Waals surface area contributed by atoms with Crippen molar-refractivity contribution in [2.45, 2.75) is 91.5 Å². The van der Waals surface area contributed by atoms with E-state index in [1.165, 1.54) is 5.56 Å². The lowest BCUT2D eigenvalue weighted by atomic mass is 9.86. The first-order valence-electron chi connectivity index (χ1n) is 20.4. The third kappa shape index (κ3) is 10.9. The SMILES string of the molecule is Cc1ncsc1-c1ccc(CNC(=O)C2CCCN2C(=O)C(N)C(C)(C)C)c(OCCCCCN(C)Cc2cccc(OCCn3ccc4ccc(C=O)cc43)c2)c1. The molecule has 6 rings (SSSR count). The predicted octanol–water partition coefficient (Wildman–Crippen LogP) is 7.63. The molecular weight excluding hydrogens is 749 g/mol. The number of nitrogens with one attached hydrogen (secondary N) is 1. The van der Waals surface area contributed by atoms with Gasteiger partial charge in [-0.1, -0.05) is 57.2 Å². The molecule has 1 saturated heterocycles. The summed E-state index contributed by atoms with van der Waals surface area (Å²) in [6.07, 6.45) is 7.24. The number of nitrogens with zero attached hydrogens (tertiary/aromatic N) is 4. The molecule has 58 heavy (non-hydrogen) atoms. The van der Waals surface area contributed by atoms with E-state index < -0.39 is 17.5 Å². The molecule has 1 fully saturated rings. The number of aryl methyl sites for hydroxylation is 1. The Bertz CT molecular complexity index is 2170. The van der Waals surface area contributed by atoms with Crippen LogP contribution in [0.15, 0.2) is 78.4 Å². The first-order chi connectivity index (χ1) is 27.9. The highest BCUT2D eigenvalue weighted by molar-refractivity contribution is 7.13. The van der Waals surface area contributed by atoms with Crippen LogP contribution in [-0.2, 0) is 29.2 Å². The van der Waals surface area contributed by atoms with Crippen LogP contribution in [-0.4, -0.2) is 82.9 Å². The molecule has 308 valence electrons. The lowest BCUT2D eigenvalue weighted by Gasteiger charge is -2.32. The van der Waals surface area contributed by atoms with Crippen molar-refractivity contribution in [1.82, 2.24) is 24.7 Å². The van der Waals surface area contributed by atoms with Crippen LogP contribution in [0.5, 0.6) is 11.5 Å². The van der Waals surface area contributed by atoms with E-state index in [1.807, 2.05) is 81.9 Å². The Kier molecular flexibility index (Phi) is 14.4. The molecule has 3 N–H and O–H groups in total. The number of aromatic nitrogens is 2. The summed E-state index contributed by atoms with van der Waals surface area (Å²) in [5.74, 6) is 1.25. The van der Waals surface area contributed by atoms with Gasteiger partial charge in [-0.25, -0.2) is 4.98 Å². The molecule has 3 heterocycles. The van der Waals surface area contributed by atoms with Crippen molar-refractivity contribution in [2.75, 3.05) is 33.4 Å². The van der Waals surface area contributed by atoms with Gasteiger partial charge in [0, 0.05) is 42.5 Å². The maximum Gasteiger partial charge on any atom is 0.243 e. The molecule has 2 atom stereocenters. The number of thiazole rings is 1. The number of rotatable bonds is 19. The van der Waals surface area contributed by atoms with E-state index in [1.54, 1.807) is 16.2 Å². The standard InChI is InChI=1S/C46H58N6O5S/c1-32-42(58-31-49-32)36-16-17-37(28-48-44(54)39-13-10-20-52(39)45(55)43(47)46(2,3)4)41(27-36)57-23-8-6-7-19-50(5)29-33-11-9-12-38(25-33)56-24-22-51-21-18-35-15-14-34(30-53)26-40(35)51/h9,11-12,14-18,21,25-27,30-31,39,43H,6-8,10,13,19-20,22-24,28-29,47H2,1-5H3,(H,48,54). The lowest BCUT2D eigenvalue weighted by molar-refractivity contribution is -0.141. The first kappa shape index (κ1) is 42.6. The van der Waals surface area contributed by atoms with E-state index >= 15 is 0 Å². The van der Waals surface area contributed by atoms with E-state index in [-0.39, 0.29) is 11.8 Å². The zero-order valence-electron chi connectivity index (χ0n) is 34.5. The number of carbonyl (C=O) groups excluding carboxylic acids is 3. The van der Waals surface area contributed by atoms with E-state index in [2.05, 4.69) is 51.1 Å². The van der Waals surface area contributed by atoms with E-state index in [9.17, 15) is 14.4 Å². The molecule has 0 radical (unpaired) electrons. The molecule has 2 aromatic heterocycles. The number of nitrogens with two attached hydrogens (primary N) is 1. The molecule has 0 saturated carbocycles. The Labute approximate surface area is 346 Å². The van der Waals surface area contributed by atoms with Crippen LogP contribution < -0.4 is 20.5 Å². The summed E-state index contributed by atoms with van der Waals surface area (Å²) in [7, 11) is 2.14. The Balaban J connectivity index is 0.962. The number of aldehydes is 1. The fraction of sp³-hybridized carbons (Fsp3) is 0.435. The molecule has 0 spiro atoms. The highest BCUT2D eigenvalue weighted by atomic mass is 32.1. The maximum atomic E-state index is 13.5. The van der Waals surface area contributed by atoms with Gasteiger partial charge in [0.05, 0.1) is 35.3 Å². The molecule has 1 aliphatic heterocycles. The van der Waals surface area contributed by atoms with Gasteiger partial charge in [-0.2, -0.15) is 0 Å². The first-order valence-corrected chi connectivity index (χ1v) is 21.2. The Hall–Kier alpha value is -5.04. The number of hydrogen-bond acceptors (Lipinski definition) is 9. The molecule has 2 amide bonds. The summed E-state index contributed by atoms with van der Waals surface area (Å²) < 4.78 is 14.7. The Morgan fingerprint density at radius 3 is 2.67 bits per heavy atom. The van der Waals surface area contributed by atoms with Crippen LogP contribution in [0, 0.1) is 12.3 Å². The lowest BCUT2D eigenvalue weighted by Crippen LogP contribution is -2.54. The van der Waals surface area contributed by atoms with Crippen LogP contribution in [0.1, 0.15) is 80.1 Å². The largest absolute Gasteiger partial charge is 0.493 e. The molecule has 11 nitrogen and oxygen atoms in total. The molecular formula is C46H58N6O5S. The quantitative estimate of drug-likeness (QED) is 0.0644. The van der Waals surface area contributed by atoms with E-state index in [4.69, 9.17) is 15.2 Å². The summed E-state index contributed by atoms with van der Waals surface area (Å²) in [5.41, 5.74) is 13.5. The monoisotopic (exact) mass is 806 g/mol. The van der Waals surface area contributed by atoms with Crippen LogP contribution in [0.4, 0.5) is 0 Å². The molecule has 0 bridgehead atoms. The van der Waals surface area contributed by atoms with Crippen LogP contribution >= 0.6 is 11.3 Å². The Morgan fingerprint density at radius 2 is 1.90 bits per heavy atom. The van der Waals surface area contributed by atoms with Crippen molar-refractivity contribution < 1.29 is 23.9 Å². The number of carbonyl (C=O) groups is 3. The van der Waals surface area contributed by atoms with Gasteiger partial charge >= 0.3 is 0 Å². The van der Waals surface area contributed by atoms with Gasteiger partial charge in [-0.3, -0.25) is 14.4 Å². The Morgan fingerprint density at radius 1 is 1.05 bits per heavy atom. The summed E-state index contributed by atoms with van der Waals surface area (Å²) in [4.78, 5) is 47.4. The average molecular weight is 807 g/mol. The van der Waals surface area contributed by atoms with Crippen molar-refractivity contribution in [2.24, 2.45) is 11.1 Å². The summed E-state index contributed by atoms with van der Waals surface area (Å²) >= 11 is 1.60. The van der Waals surface area contributed by atoms with Crippen molar-refractivity contribution in [1.29, 1.82) is 0 Å². The van der Waals surface area contributed by atoms with Crippen molar-refractivity contribution >= 4 is 40.3 Å². The number of hydrogen-bond donors (Lipinski definition) is 2. The summed E-state index contributed by atoms with van der Waals surface area (Å²) in [6, 6.07) is 21.0. The normalized spacial score (nSPS) is 14.9. The highest BCUT2D eigenvalue weighted by Gasteiger charge is 2.39.